The number of benzene rings is 2. The lowest BCUT2D eigenvalue weighted by molar-refractivity contribution is -0.129. The second-order valence-corrected chi connectivity index (χ2v) is 9.00. The number of thiazole rings is 1. The maximum Gasteiger partial charge on any atom is 0.389 e. The van der Waals surface area contributed by atoms with Crippen LogP contribution < -0.4 is 5.32 Å². The zero-order valence-electron chi connectivity index (χ0n) is 15.6. The van der Waals surface area contributed by atoms with E-state index in [1.165, 1.54) is 11.3 Å². The Morgan fingerprint density at radius 1 is 1.13 bits per heavy atom. The van der Waals surface area contributed by atoms with Crippen molar-refractivity contribution in [2.75, 3.05) is 11.1 Å². The van der Waals surface area contributed by atoms with Crippen LogP contribution in [0.15, 0.2) is 46.8 Å². The Hall–Kier alpha value is -2.59. The number of fused-ring (bicyclic) bond motifs is 2. The predicted molar refractivity (Wildman–Crippen MR) is 114 cm³/mol. The number of halogens is 3. The number of amides is 1. The number of carbonyl (C=O) groups is 1. The van der Waals surface area contributed by atoms with Crippen molar-refractivity contribution in [2.24, 2.45) is 0 Å². The molecular weight excluding hydrogens is 433 g/mol. The van der Waals surface area contributed by atoms with E-state index in [1.54, 1.807) is 18.2 Å². The van der Waals surface area contributed by atoms with Gasteiger partial charge in [0.15, 0.2) is 4.34 Å². The van der Waals surface area contributed by atoms with Crippen LogP contribution in [-0.2, 0) is 11.2 Å². The van der Waals surface area contributed by atoms with E-state index in [0.29, 0.717) is 22.0 Å². The molecule has 0 unspecified atom stereocenters. The molecule has 4 aromatic rings. The number of aromatic nitrogens is 3. The summed E-state index contributed by atoms with van der Waals surface area (Å²) in [4.78, 5) is 24.3. The second-order valence-electron chi connectivity index (χ2n) is 6.62. The van der Waals surface area contributed by atoms with Gasteiger partial charge in [-0.3, -0.25) is 4.79 Å². The number of alkyl halides is 3. The highest BCUT2D eigenvalue weighted by Gasteiger charge is 2.26. The Kier molecular flexibility index (Phi) is 5.96. The van der Waals surface area contributed by atoms with Gasteiger partial charge in [-0.05, 0) is 30.3 Å². The molecule has 0 spiro atoms. The topological polar surface area (TPSA) is 70.7 Å². The molecule has 0 aliphatic rings. The van der Waals surface area contributed by atoms with E-state index in [0.717, 1.165) is 33.3 Å². The van der Waals surface area contributed by atoms with E-state index in [9.17, 15) is 18.0 Å². The molecule has 0 fully saturated rings. The fourth-order valence-corrected chi connectivity index (χ4v) is 5.04. The number of hydrogen-bond donors (Lipinski definition) is 2. The first-order valence-corrected chi connectivity index (χ1v) is 11.0. The third kappa shape index (κ3) is 5.31. The maximum atomic E-state index is 12.3. The van der Waals surface area contributed by atoms with Crippen LogP contribution >= 0.6 is 23.1 Å². The summed E-state index contributed by atoms with van der Waals surface area (Å²) >= 11 is 2.41. The molecular formula is C20H17F3N4OS2. The van der Waals surface area contributed by atoms with Gasteiger partial charge in [0.05, 0.1) is 27.7 Å². The summed E-state index contributed by atoms with van der Waals surface area (Å²) in [5.41, 5.74) is 3.14. The first-order chi connectivity index (χ1) is 14.4. The van der Waals surface area contributed by atoms with Crippen LogP contribution in [0.1, 0.15) is 18.7 Å². The lowest BCUT2D eigenvalue weighted by Gasteiger charge is -2.04. The molecule has 10 heteroatoms. The minimum atomic E-state index is -4.16. The first-order valence-electron chi connectivity index (χ1n) is 9.19. The summed E-state index contributed by atoms with van der Waals surface area (Å²) in [7, 11) is 0. The molecule has 0 saturated carbocycles. The normalized spacial score (nSPS) is 12.0. The zero-order chi connectivity index (χ0) is 21.1. The van der Waals surface area contributed by atoms with Gasteiger partial charge in [-0.2, -0.15) is 13.2 Å². The number of aromatic amines is 1. The number of thioether (sulfide) groups is 1. The number of nitrogens with zero attached hydrogens (tertiary/aromatic N) is 2. The van der Waals surface area contributed by atoms with E-state index in [2.05, 4.69) is 20.3 Å². The van der Waals surface area contributed by atoms with Crippen molar-refractivity contribution in [1.82, 2.24) is 15.0 Å². The van der Waals surface area contributed by atoms with Crippen molar-refractivity contribution in [3.8, 4) is 0 Å². The van der Waals surface area contributed by atoms with Crippen molar-refractivity contribution < 1.29 is 18.0 Å². The third-order valence-electron chi connectivity index (χ3n) is 4.29. The van der Waals surface area contributed by atoms with Gasteiger partial charge < -0.3 is 10.3 Å². The summed E-state index contributed by atoms with van der Waals surface area (Å²) in [5, 5.41) is 2.85. The van der Waals surface area contributed by atoms with Crippen molar-refractivity contribution in [3.63, 3.8) is 0 Å². The van der Waals surface area contributed by atoms with Gasteiger partial charge in [-0.15, -0.1) is 11.3 Å². The van der Waals surface area contributed by atoms with Crippen LogP contribution in [-0.4, -0.2) is 32.8 Å². The van der Waals surface area contributed by atoms with Gasteiger partial charge in [0.2, 0.25) is 5.91 Å². The summed E-state index contributed by atoms with van der Waals surface area (Å²) in [6, 6.07) is 13.0. The van der Waals surface area contributed by atoms with Crippen LogP contribution in [0.2, 0.25) is 0 Å². The lowest BCUT2D eigenvalue weighted by atomic mass is 10.2. The number of rotatable bonds is 7. The first kappa shape index (κ1) is 20.7. The third-order valence-corrected chi connectivity index (χ3v) is 6.45. The van der Waals surface area contributed by atoms with E-state index in [1.807, 2.05) is 24.3 Å². The Bertz CT molecular complexity index is 1150. The molecule has 0 aliphatic carbocycles. The van der Waals surface area contributed by atoms with Gasteiger partial charge in [-0.25, -0.2) is 9.97 Å². The van der Waals surface area contributed by atoms with Gasteiger partial charge in [0.25, 0.3) is 0 Å². The van der Waals surface area contributed by atoms with Crippen LogP contribution in [0.4, 0.5) is 18.9 Å². The number of imidazole rings is 1. The highest BCUT2D eigenvalue weighted by Crippen LogP contribution is 2.33. The minimum absolute atomic E-state index is 0.0608. The Morgan fingerprint density at radius 3 is 2.77 bits per heavy atom. The predicted octanol–water partition coefficient (Wildman–Crippen LogP) is 5.79. The molecule has 4 rings (SSSR count). The van der Waals surface area contributed by atoms with E-state index >= 15 is 0 Å². The Morgan fingerprint density at radius 2 is 1.97 bits per heavy atom. The van der Waals surface area contributed by atoms with Gasteiger partial charge >= 0.3 is 6.18 Å². The molecule has 156 valence electrons. The Balaban J connectivity index is 1.34. The molecule has 0 radical (unpaired) electrons. The quantitative estimate of drug-likeness (QED) is 0.350. The highest BCUT2D eigenvalue weighted by atomic mass is 32.2. The molecule has 2 heterocycles. The molecule has 0 bridgehead atoms. The molecule has 0 saturated heterocycles. The fraction of sp³-hybridized carbons (Fsp3) is 0.250. The van der Waals surface area contributed by atoms with Crippen molar-refractivity contribution >= 4 is 55.9 Å². The number of aryl methyl sites for hydroxylation is 1. The molecule has 2 N–H and O–H groups in total. The molecule has 0 atom stereocenters. The Labute approximate surface area is 178 Å². The van der Waals surface area contributed by atoms with Crippen LogP contribution in [0, 0.1) is 0 Å². The standard InChI is InChI=1S/C20H17F3N4OS2/c21-20(22,23)9-10-29-19-27-15-6-5-12(11-16(15)30-19)24-18(28)8-7-17-25-13-3-1-2-4-14(13)26-17/h1-6,11H,7-10H2,(H,24,28)(H,25,26). The van der Waals surface area contributed by atoms with Gasteiger partial charge in [0, 0.05) is 24.3 Å². The van der Waals surface area contributed by atoms with Gasteiger partial charge in [-0.1, -0.05) is 23.9 Å². The molecule has 1 amide bonds. The monoisotopic (exact) mass is 450 g/mol. The summed E-state index contributed by atoms with van der Waals surface area (Å²) in [5.74, 6) is 0.554. The number of carbonyl (C=O) groups excluding carboxylic acids is 1. The lowest BCUT2D eigenvalue weighted by Crippen LogP contribution is -2.12. The molecule has 30 heavy (non-hydrogen) atoms. The summed E-state index contributed by atoms with van der Waals surface area (Å²) < 4.78 is 38.3. The number of hydrogen-bond acceptors (Lipinski definition) is 5. The SMILES string of the molecule is O=C(CCc1nc2ccccc2[nH]1)Nc1ccc2nc(SCCC(F)(F)F)sc2c1. The van der Waals surface area contributed by atoms with Crippen LogP contribution in [0.25, 0.3) is 21.3 Å². The molecule has 2 aromatic carbocycles. The second kappa shape index (κ2) is 8.65. The number of para-hydroxylation sites is 2. The zero-order valence-corrected chi connectivity index (χ0v) is 17.3. The number of H-pyrrole nitrogens is 1. The fourth-order valence-electron chi connectivity index (χ4n) is 2.88. The number of nitrogens with one attached hydrogen (secondary N) is 2. The summed E-state index contributed by atoms with van der Waals surface area (Å²) in [6.07, 6.45) is -4.24. The largest absolute Gasteiger partial charge is 0.389 e. The van der Waals surface area contributed by atoms with Gasteiger partial charge in [0.1, 0.15) is 5.82 Å². The highest BCUT2D eigenvalue weighted by molar-refractivity contribution is 8.01. The van der Waals surface area contributed by atoms with Crippen LogP contribution in [0.3, 0.4) is 0 Å². The number of anilines is 1. The average molecular weight is 451 g/mol. The maximum absolute atomic E-state index is 12.3. The van der Waals surface area contributed by atoms with Crippen LogP contribution in [0.5, 0.6) is 0 Å². The van der Waals surface area contributed by atoms with E-state index in [-0.39, 0.29) is 18.1 Å². The minimum Gasteiger partial charge on any atom is -0.342 e. The van der Waals surface area contributed by atoms with Crippen molar-refractivity contribution in [3.05, 3.63) is 48.3 Å². The summed E-state index contributed by atoms with van der Waals surface area (Å²) in [6.45, 7) is 0. The molecule has 5 nitrogen and oxygen atoms in total. The van der Waals surface area contributed by atoms with Crippen molar-refractivity contribution in [1.29, 1.82) is 0 Å². The smallest absolute Gasteiger partial charge is 0.342 e. The molecule has 2 aromatic heterocycles. The average Bonchev–Trinajstić information content (AvgIpc) is 3.28. The van der Waals surface area contributed by atoms with E-state index < -0.39 is 12.6 Å². The van der Waals surface area contributed by atoms with Crippen molar-refractivity contribution in [2.45, 2.75) is 29.8 Å². The molecule has 0 aliphatic heterocycles. The van der Waals surface area contributed by atoms with E-state index in [4.69, 9.17) is 0 Å².